The summed E-state index contributed by atoms with van der Waals surface area (Å²) in [7, 11) is 0. The molecular weight excluding hydrogens is 306 g/mol. The van der Waals surface area contributed by atoms with Gasteiger partial charge in [0.15, 0.2) is 5.16 Å². The number of nitrogens with one attached hydrogen (secondary N) is 1. The molecule has 0 atom stereocenters. The quantitative estimate of drug-likeness (QED) is 0.578. The maximum absolute atomic E-state index is 12.6. The standard InChI is InChI=1S/C18H17N3OS/c1-3-15-14(11-19-18(21-15)23-2)17(22)20-16-10-6-8-12-7-4-5-9-13(12)16/h4-11H,3H2,1-2H3,(H,20,22). The fourth-order valence-electron chi connectivity index (χ4n) is 2.48. The average Bonchev–Trinajstić information content (AvgIpc) is 2.61. The Morgan fingerprint density at radius 1 is 1.17 bits per heavy atom. The fourth-order valence-corrected chi connectivity index (χ4v) is 2.84. The number of thioether (sulfide) groups is 1. The zero-order chi connectivity index (χ0) is 16.2. The molecule has 3 aromatic rings. The third-order valence-electron chi connectivity index (χ3n) is 3.65. The number of rotatable bonds is 4. The topological polar surface area (TPSA) is 54.9 Å². The molecule has 0 radical (unpaired) electrons. The van der Waals surface area contributed by atoms with Crippen molar-refractivity contribution in [2.24, 2.45) is 0 Å². The number of amides is 1. The van der Waals surface area contributed by atoms with E-state index in [0.717, 1.165) is 22.2 Å². The first-order chi connectivity index (χ1) is 11.2. The highest BCUT2D eigenvalue weighted by atomic mass is 32.2. The van der Waals surface area contributed by atoms with Crippen molar-refractivity contribution in [2.75, 3.05) is 11.6 Å². The zero-order valence-electron chi connectivity index (χ0n) is 13.0. The number of hydrogen-bond acceptors (Lipinski definition) is 4. The van der Waals surface area contributed by atoms with E-state index in [4.69, 9.17) is 0 Å². The lowest BCUT2D eigenvalue weighted by Crippen LogP contribution is -2.16. The second kappa shape index (κ2) is 6.79. The number of fused-ring (bicyclic) bond motifs is 1. The molecule has 0 bridgehead atoms. The van der Waals surface area contributed by atoms with Crippen LogP contribution in [-0.2, 0) is 6.42 Å². The van der Waals surface area contributed by atoms with Crippen LogP contribution in [0, 0.1) is 0 Å². The first kappa shape index (κ1) is 15.5. The van der Waals surface area contributed by atoms with Gasteiger partial charge in [-0.1, -0.05) is 55.1 Å². The van der Waals surface area contributed by atoms with Crippen LogP contribution >= 0.6 is 11.8 Å². The predicted molar refractivity (Wildman–Crippen MR) is 95.1 cm³/mol. The van der Waals surface area contributed by atoms with Crippen LogP contribution in [0.2, 0.25) is 0 Å². The smallest absolute Gasteiger partial charge is 0.259 e. The van der Waals surface area contributed by atoms with Crippen molar-refractivity contribution in [1.82, 2.24) is 9.97 Å². The van der Waals surface area contributed by atoms with E-state index in [9.17, 15) is 4.79 Å². The highest BCUT2D eigenvalue weighted by Crippen LogP contribution is 2.24. The van der Waals surface area contributed by atoms with E-state index in [1.807, 2.05) is 55.6 Å². The van der Waals surface area contributed by atoms with Crippen molar-refractivity contribution < 1.29 is 4.79 Å². The van der Waals surface area contributed by atoms with E-state index in [1.54, 1.807) is 6.20 Å². The van der Waals surface area contributed by atoms with Gasteiger partial charge in [-0.2, -0.15) is 0 Å². The van der Waals surface area contributed by atoms with Gasteiger partial charge in [0.1, 0.15) is 0 Å². The highest BCUT2D eigenvalue weighted by molar-refractivity contribution is 7.98. The Morgan fingerprint density at radius 3 is 2.74 bits per heavy atom. The van der Waals surface area contributed by atoms with Gasteiger partial charge in [0, 0.05) is 17.3 Å². The van der Waals surface area contributed by atoms with Gasteiger partial charge in [-0.3, -0.25) is 4.79 Å². The van der Waals surface area contributed by atoms with E-state index in [0.29, 0.717) is 17.1 Å². The SMILES string of the molecule is CCc1nc(SC)ncc1C(=O)Nc1cccc2ccccc12. The summed E-state index contributed by atoms with van der Waals surface area (Å²) in [6.45, 7) is 1.99. The summed E-state index contributed by atoms with van der Waals surface area (Å²) in [5.74, 6) is -0.175. The molecule has 1 N–H and O–H groups in total. The minimum Gasteiger partial charge on any atom is -0.321 e. The zero-order valence-corrected chi connectivity index (χ0v) is 13.9. The second-order valence-electron chi connectivity index (χ2n) is 5.05. The van der Waals surface area contributed by atoms with Crippen molar-refractivity contribution in [3.05, 3.63) is 59.9 Å². The van der Waals surface area contributed by atoms with Crippen LogP contribution in [0.15, 0.2) is 53.8 Å². The maximum atomic E-state index is 12.6. The van der Waals surface area contributed by atoms with Crippen molar-refractivity contribution in [3.8, 4) is 0 Å². The molecule has 0 saturated carbocycles. The third kappa shape index (κ3) is 3.19. The Morgan fingerprint density at radius 2 is 1.96 bits per heavy atom. The summed E-state index contributed by atoms with van der Waals surface area (Å²) >= 11 is 1.47. The van der Waals surface area contributed by atoms with E-state index < -0.39 is 0 Å². The second-order valence-corrected chi connectivity index (χ2v) is 5.82. The number of nitrogens with zero attached hydrogens (tertiary/aromatic N) is 2. The van der Waals surface area contributed by atoms with Crippen LogP contribution in [0.25, 0.3) is 10.8 Å². The normalized spacial score (nSPS) is 10.7. The fraction of sp³-hybridized carbons (Fsp3) is 0.167. The minimum atomic E-state index is -0.175. The summed E-state index contributed by atoms with van der Waals surface area (Å²) in [6, 6.07) is 13.8. The van der Waals surface area contributed by atoms with Gasteiger partial charge >= 0.3 is 0 Å². The Balaban J connectivity index is 1.95. The third-order valence-corrected chi connectivity index (χ3v) is 4.21. The highest BCUT2D eigenvalue weighted by Gasteiger charge is 2.14. The first-order valence-corrected chi connectivity index (χ1v) is 8.64. The van der Waals surface area contributed by atoms with E-state index in [1.165, 1.54) is 11.8 Å². The average molecular weight is 323 g/mol. The molecule has 0 aliphatic carbocycles. The van der Waals surface area contributed by atoms with Gasteiger partial charge in [-0.05, 0) is 24.1 Å². The van der Waals surface area contributed by atoms with Gasteiger partial charge in [-0.25, -0.2) is 9.97 Å². The molecule has 1 heterocycles. The Hall–Kier alpha value is -2.40. The van der Waals surface area contributed by atoms with Crippen LogP contribution in [-0.4, -0.2) is 22.1 Å². The van der Waals surface area contributed by atoms with Gasteiger partial charge < -0.3 is 5.32 Å². The lowest BCUT2D eigenvalue weighted by Gasteiger charge is -2.11. The summed E-state index contributed by atoms with van der Waals surface area (Å²) < 4.78 is 0. The van der Waals surface area contributed by atoms with E-state index in [2.05, 4.69) is 15.3 Å². The Bertz CT molecular complexity index is 859. The van der Waals surface area contributed by atoms with Gasteiger partial charge in [0.2, 0.25) is 0 Å². The van der Waals surface area contributed by atoms with Crippen LogP contribution in [0.4, 0.5) is 5.69 Å². The molecule has 3 rings (SSSR count). The summed E-state index contributed by atoms with van der Waals surface area (Å²) in [4.78, 5) is 21.3. The monoisotopic (exact) mass is 323 g/mol. The van der Waals surface area contributed by atoms with E-state index in [-0.39, 0.29) is 5.91 Å². The molecule has 116 valence electrons. The van der Waals surface area contributed by atoms with Crippen LogP contribution in [0.1, 0.15) is 23.0 Å². The van der Waals surface area contributed by atoms with Crippen molar-refractivity contribution >= 4 is 34.1 Å². The van der Waals surface area contributed by atoms with Crippen LogP contribution in [0.3, 0.4) is 0 Å². The Kier molecular flexibility index (Phi) is 4.57. The summed E-state index contributed by atoms with van der Waals surface area (Å²) in [6.07, 6.45) is 4.22. The minimum absolute atomic E-state index is 0.175. The number of aryl methyl sites for hydroxylation is 1. The van der Waals surface area contributed by atoms with Crippen LogP contribution in [0.5, 0.6) is 0 Å². The molecule has 0 saturated heterocycles. The Labute approximate surface area is 139 Å². The molecule has 0 spiro atoms. The molecular formula is C18H17N3OS. The van der Waals surface area contributed by atoms with Gasteiger partial charge in [0.05, 0.1) is 11.3 Å². The molecule has 1 aromatic heterocycles. The number of anilines is 1. The first-order valence-electron chi connectivity index (χ1n) is 7.42. The largest absolute Gasteiger partial charge is 0.321 e. The van der Waals surface area contributed by atoms with E-state index >= 15 is 0 Å². The summed E-state index contributed by atoms with van der Waals surface area (Å²) in [5, 5.41) is 5.78. The number of carbonyl (C=O) groups is 1. The molecule has 0 aliphatic heterocycles. The molecule has 0 aliphatic rings. The van der Waals surface area contributed by atoms with Crippen molar-refractivity contribution in [3.63, 3.8) is 0 Å². The lowest BCUT2D eigenvalue weighted by molar-refractivity contribution is 0.102. The molecule has 0 unspecified atom stereocenters. The van der Waals surface area contributed by atoms with Gasteiger partial charge in [-0.15, -0.1) is 0 Å². The summed E-state index contributed by atoms with van der Waals surface area (Å²) in [5.41, 5.74) is 2.09. The van der Waals surface area contributed by atoms with Crippen LogP contribution < -0.4 is 5.32 Å². The number of aromatic nitrogens is 2. The number of carbonyl (C=O) groups excluding carboxylic acids is 1. The maximum Gasteiger partial charge on any atom is 0.259 e. The molecule has 4 nitrogen and oxygen atoms in total. The van der Waals surface area contributed by atoms with Gasteiger partial charge in [0.25, 0.3) is 5.91 Å². The predicted octanol–water partition coefficient (Wildman–Crippen LogP) is 4.17. The molecule has 5 heteroatoms. The lowest BCUT2D eigenvalue weighted by atomic mass is 10.1. The molecule has 1 amide bonds. The number of hydrogen-bond donors (Lipinski definition) is 1. The molecule has 0 fully saturated rings. The van der Waals surface area contributed by atoms with Crippen molar-refractivity contribution in [1.29, 1.82) is 0 Å². The molecule has 2 aromatic carbocycles. The molecule has 23 heavy (non-hydrogen) atoms. The number of benzene rings is 2. The van der Waals surface area contributed by atoms with Crippen molar-refractivity contribution in [2.45, 2.75) is 18.5 Å².